The minimum Gasteiger partial charge on any atom is -0.547 e. The van der Waals surface area contributed by atoms with Crippen LogP contribution in [0.1, 0.15) is 121 Å². The van der Waals surface area contributed by atoms with Crippen LogP contribution >= 0.6 is 0 Å². The van der Waals surface area contributed by atoms with E-state index in [0.717, 1.165) is 18.6 Å². The topological polar surface area (TPSA) is 90.9 Å². The van der Waals surface area contributed by atoms with Crippen LogP contribution in [0.5, 0.6) is 0 Å². The fourth-order valence-corrected chi connectivity index (χ4v) is 15.2. The highest BCUT2D eigenvalue weighted by atomic mass is 28.4. The molecular formula is C48H74O9Si2. The lowest BCUT2D eigenvalue weighted by Crippen LogP contribution is -2.68. The summed E-state index contributed by atoms with van der Waals surface area (Å²) in [7, 11) is -4.96. The number of fused-ring (bicyclic) bond motifs is 2. The Morgan fingerprint density at radius 3 is 1.97 bits per heavy atom. The van der Waals surface area contributed by atoms with E-state index in [1.165, 1.54) is 17.3 Å². The minimum atomic E-state index is -2.76. The third kappa shape index (κ3) is 9.38. The van der Waals surface area contributed by atoms with Crippen LogP contribution in [0.2, 0.25) is 23.2 Å². The van der Waals surface area contributed by atoms with Crippen LogP contribution in [0.3, 0.4) is 0 Å². The lowest BCUT2D eigenvalue weighted by Gasteiger charge is -2.59. The third-order valence-corrected chi connectivity index (χ3v) is 23.6. The first-order valence-electron chi connectivity index (χ1n) is 22.2. The molecule has 3 saturated heterocycles. The number of hydrogen-bond acceptors (Lipinski definition) is 9. The van der Waals surface area contributed by atoms with E-state index >= 15 is 0 Å². The van der Waals surface area contributed by atoms with E-state index in [9.17, 15) is 4.79 Å². The summed E-state index contributed by atoms with van der Waals surface area (Å²) < 4.78 is 55.0. The van der Waals surface area contributed by atoms with Crippen LogP contribution in [-0.4, -0.2) is 84.0 Å². The summed E-state index contributed by atoms with van der Waals surface area (Å²) >= 11 is 0. The molecule has 0 spiro atoms. The summed E-state index contributed by atoms with van der Waals surface area (Å²) in [6.07, 6.45) is 4.93. The third-order valence-electron chi connectivity index (χ3n) is 14.1. The first-order chi connectivity index (χ1) is 27.6. The van der Waals surface area contributed by atoms with E-state index < -0.39 is 45.8 Å². The summed E-state index contributed by atoms with van der Waals surface area (Å²) in [5, 5.41) is 2.38. The number of hydrogen-bond donors (Lipinski definition) is 0. The number of carbonyl (C=O) groups excluding carboxylic acids is 1. The molecule has 9 nitrogen and oxygen atoms in total. The highest BCUT2D eigenvalue weighted by molar-refractivity contribution is 6.99. The number of benzene rings is 2. The maximum Gasteiger partial charge on any atom is 0.302 e. The molecule has 6 rings (SSSR count). The van der Waals surface area contributed by atoms with Crippen molar-refractivity contribution < 1.29 is 42.1 Å². The zero-order valence-electron chi connectivity index (χ0n) is 38.4. The molecule has 59 heavy (non-hydrogen) atoms. The molecule has 328 valence electrons. The maximum absolute atomic E-state index is 12.6. The molecular weight excluding hydrogens is 777 g/mol. The number of rotatable bonds is 14. The Kier molecular flexibility index (Phi) is 13.6. The fraction of sp³-hybridized carbons (Fsp3) is 0.688. The van der Waals surface area contributed by atoms with Crippen molar-refractivity contribution in [3.8, 4) is 0 Å². The van der Waals surface area contributed by atoms with E-state index in [-0.39, 0.29) is 40.5 Å². The molecule has 0 unspecified atom stereocenters. The van der Waals surface area contributed by atoms with Gasteiger partial charge in [-0.25, -0.2) is 0 Å². The van der Waals surface area contributed by atoms with E-state index in [4.69, 9.17) is 37.3 Å². The van der Waals surface area contributed by atoms with Gasteiger partial charge in [0.25, 0.3) is 8.32 Å². The highest BCUT2D eigenvalue weighted by Gasteiger charge is 2.63. The van der Waals surface area contributed by atoms with Crippen molar-refractivity contribution in [2.75, 3.05) is 13.2 Å². The largest absolute Gasteiger partial charge is 0.547 e. The Bertz CT molecular complexity index is 1710. The predicted molar refractivity (Wildman–Crippen MR) is 238 cm³/mol. The van der Waals surface area contributed by atoms with Crippen molar-refractivity contribution in [3.05, 3.63) is 72.5 Å². The molecule has 4 aliphatic rings. The van der Waals surface area contributed by atoms with Crippen LogP contribution < -0.4 is 10.4 Å². The van der Waals surface area contributed by atoms with Crippen LogP contribution in [0, 0.1) is 5.41 Å². The van der Waals surface area contributed by atoms with Crippen LogP contribution in [-0.2, 0) is 42.1 Å². The second kappa shape index (κ2) is 17.4. The van der Waals surface area contributed by atoms with Crippen molar-refractivity contribution in [1.82, 2.24) is 0 Å². The molecule has 0 amide bonds. The summed E-state index contributed by atoms with van der Waals surface area (Å²) in [5.41, 5.74) is -0.718. The lowest BCUT2D eigenvalue weighted by molar-refractivity contribution is -0.404. The Labute approximate surface area is 357 Å². The molecule has 4 aliphatic heterocycles. The second-order valence-electron chi connectivity index (χ2n) is 20.5. The van der Waals surface area contributed by atoms with Crippen LogP contribution in [0.15, 0.2) is 72.5 Å². The first kappa shape index (κ1) is 46.2. The van der Waals surface area contributed by atoms with E-state index in [0.29, 0.717) is 45.3 Å². The minimum absolute atomic E-state index is 0.0115. The lowest BCUT2D eigenvalue weighted by atomic mass is 9.69. The Balaban J connectivity index is 1.32. The van der Waals surface area contributed by atoms with Crippen LogP contribution in [0.25, 0.3) is 0 Å². The molecule has 2 aromatic rings. The van der Waals surface area contributed by atoms with Gasteiger partial charge in [0.05, 0.1) is 42.2 Å². The van der Waals surface area contributed by atoms with Crippen molar-refractivity contribution in [2.45, 2.75) is 192 Å². The van der Waals surface area contributed by atoms with E-state index in [1.807, 2.05) is 0 Å². The molecule has 7 atom stereocenters. The van der Waals surface area contributed by atoms with Gasteiger partial charge in [-0.05, 0) is 58.9 Å². The van der Waals surface area contributed by atoms with Crippen molar-refractivity contribution in [3.63, 3.8) is 0 Å². The highest BCUT2D eigenvalue weighted by Crippen LogP contribution is 2.54. The molecule has 3 fully saturated rings. The Morgan fingerprint density at radius 1 is 0.831 bits per heavy atom. The number of ether oxygens (including phenoxy) is 6. The van der Waals surface area contributed by atoms with Gasteiger partial charge in [0.15, 0.2) is 11.6 Å². The molecule has 11 heteroatoms. The zero-order valence-corrected chi connectivity index (χ0v) is 40.4. The standard InChI is InChI=1S/C48H74O9Si2/c1-14-47(15-2)50-33-42(56-47)41-30-37(57-58(12,13)44(4,5)6)29-38(53-41)32-48-46(10,11)43(52-34(3)49)31-36(55-48)28-35(54-48)26-27-51-59(45(7,8)9,39-22-18-16-19-23-39)40-24-20-17-21-25-40/h16-25,29,35-36,38,41-43H,14-15,26-28,30-33H2,1-13H3/t35-,36+,38-,41+,42-,43-,48+/m0/s1. The maximum atomic E-state index is 12.6. The SMILES string of the molecule is CCC1(CC)OC[C@@H]([C@H]2CC(O[Si](C)(C)C(C)(C)C)=C[C@@H](C[C@]34O[C@H](C[C@H](CCO[Si](c5ccccc5)(c5ccccc5)C(C)(C)C)O3)C[C@H](OC(C)=O)C4(C)C)O2)O1. The summed E-state index contributed by atoms with van der Waals surface area (Å²) in [5.74, 6) is -1.12. The second-order valence-corrected chi connectivity index (χ2v) is 29.6. The number of carbonyl (C=O) groups is 1. The summed E-state index contributed by atoms with van der Waals surface area (Å²) in [4.78, 5) is 12.6. The molecule has 0 radical (unpaired) electrons. The van der Waals surface area contributed by atoms with Crippen molar-refractivity contribution in [2.24, 2.45) is 5.41 Å². The van der Waals surface area contributed by atoms with Crippen molar-refractivity contribution in [1.29, 1.82) is 0 Å². The van der Waals surface area contributed by atoms with Gasteiger partial charge in [-0.2, -0.15) is 0 Å². The Hall–Kier alpha value is -2.36. The molecule has 4 heterocycles. The Morgan fingerprint density at radius 2 is 1.44 bits per heavy atom. The number of esters is 1. The van der Waals surface area contributed by atoms with Gasteiger partial charge < -0.3 is 37.3 Å². The van der Waals surface area contributed by atoms with Gasteiger partial charge in [0.1, 0.15) is 12.2 Å². The average molecular weight is 851 g/mol. The molecule has 2 bridgehead atoms. The van der Waals surface area contributed by atoms with Gasteiger partial charge in [-0.1, -0.05) is 130 Å². The molecule has 0 aliphatic carbocycles. The quantitative estimate of drug-likeness (QED) is 0.136. The average Bonchev–Trinajstić information content (AvgIpc) is 3.60. The van der Waals surface area contributed by atoms with E-state index in [2.05, 4.69) is 149 Å². The first-order valence-corrected chi connectivity index (χ1v) is 27.1. The molecule has 0 saturated carbocycles. The van der Waals surface area contributed by atoms with Gasteiger partial charge in [0, 0.05) is 39.2 Å². The smallest absolute Gasteiger partial charge is 0.302 e. The zero-order chi connectivity index (χ0) is 43.1. The normalized spacial score (nSPS) is 29.7. The van der Waals surface area contributed by atoms with Crippen LogP contribution in [0.4, 0.5) is 0 Å². The molecule has 2 aromatic carbocycles. The van der Waals surface area contributed by atoms with Crippen molar-refractivity contribution >= 4 is 33.0 Å². The van der Waals surface area contributed by atoms with E-state index in [1.54, 1.807) is 0 Å². The van der Waals surface area contributed by atoms with Gasteiger partial charge in [-0.15, -0.1) is 0 Å². The van der Waals surface area contributed by atoms with Gasteiger partial charge in [0.2, 0.25) is 8.32 Å². The summed E-state index contributed by atoms with van der Waals surface area (Å²) in [6.45, 7) is 29.2. The monoisotopic (exact) mass is 850 g/mol. The molecule has 0 N–H and O–H groups in total. The predicted octanol–water partition coefficient (Wildman–Crippen LogP) is 9.57. The van der Waals surface area contributed by atoms with Gasteiger partial charge in [-0.3, -0.25) is 4.79 Å². The fourth-order valence-electron chi connectivity index (χ4n) is 9.53. The van der Waals surface area contributed by atoms with Gasteiger partial charge >= 0.3 is 5.97 Å². The molecule has 0 aromatic heterocycles. The summed E-state index contributed by atoms with van der Waals surface area (Å²) in [6, 6.07) is 21.5.